The first kappa shape index (κ1) is 19.1. The summed E-state index contributed by atoms with van der Waals surface area (Å²) in [6.45, 7) is 1.61. The Kier molecular flexibility index (Phi) is 9.42. The van der Waals surface area contributed by atoms with Crippen LogP contribution in [0.15, 0.2) is 30.7 Å². The van der Waals surface area contributed by atoms with Crippen LogP contribution in [-0.4, -0.2) is 23.6 Å². The number of benzene rings is 1. The van der Waals surface area contributed by atoms with E-state index >= 15 is 0 Å². The molecule has 0 saturated heterocycles. The summed E-state index contributed by atoms with van der Waals surface area (Å²) >= 11 is 5.97. The molecule has 1 aromatic heterocycles. The fourth-order valence-corrected chi connectivity index (χ4v) is 1.95. The molecule has 0 spiro atoms. The maximum atomic E-state index is 5.97. The number of imidazole rings is 1. The monoisotopic (exact) mass is 337 g/mol. The lowest BCUT2D eigenvalue weighted by atomic mass is 10.2. The largest absolute Gasteiger partial charge is 0.496 e. The lowest BCUT2D eigenvalue weighted by molar-refractivity contribution is 0.408. The van der Waals surface area contributed by atoms with Crippen molar-refractivity contribution in [3.8, 4) is 5.75 Å². The number of methoxy groups -OCH3 is 1. The van der Waals surface area contributed by atoms with Gasteiger partial charge in [0.05, 0.1) is 13.4 Å². The number of ether oxygens (including phenoxy) is 1. The standard InChI is InChI=1S/C13H16ClN3O.2ClH/c1-18-13-3-2-11(14)6-10(13)7-15-5-4-12-8-16-9-17-12;;/h2-3,6,8-9,15H,4-5,7H2,1H3,(H,16,17);2*1H. The zero-order valence-corrected chi connectivity index (χ0v) is 13.4. The van der Waals surface area contributed by atoms with Crippen molar-refractivity contribution in [3.05, 3.63) is 47.0 Å². The fourth-order valence-electron chi connectivity index (χ4n) is 1.75. The minimum atomic E-state index is 0. The van der Waals surface area contributed by atoms with Crippen molar-refractivity contribution >= 4 is 36.4 Å². The summed E-state index contributed by atoms with van der Waals surface area (Å²) in [5, 5.41) is 4.08. The second kappa shape index (κ2) is 9.88. The van der Waals surface area contributed by atoms with Crippen LogP contribution in [0, 0.1) is 0 Å². The minimum Gasteiger partial charge on any atom is -0.496 e. The van der Waals surface area contributed by atoms with Crippen molar-refractivity contribution in [1.82, 2.24) is 15.3 Å². The molecule has 7 heteroatoms. The molecular weight excluding hydrogens is 321 g/mol. The van der Waals surface area contributed by atoms with Gasteiger partial charge in [-0.15, -0.1) is 24.8 Å². The Morgan fingerprint density at radius 3 is 2.80 bits per heavy atom. The molecule has 112 valence electrons. The lowest BCUT2D eigenvalue weighted by Crippen LogP contribution is -2.17. The van der Waals surface area contributed by atoms with E-state index in [4.69, 9.17) is 16.3 Å². The van der Waals surface area contributed by atoms with Crippen LogP contribution < -0.4 is 10.1 Å². The summed E-state index contributed by atoms with van der Waals surface area (Å²) < 4.78 is 5.29. The molecule has 0 aliphatic carbocycles. The smallest absolute Gasteiger partial charge is 0.123 e. The van der Waals surface area contributed by atoms with E-state index in [0.717, 1.165) is 41.5 Å². The highest BCUT2D eigenvalue weighted by Crippen LogP contribution is 2.22. The van der Waals surface area contributed by atoms with Crippen LogP contribution >= 0.6 is 36.4 Å². The average Bonchev–Trinajstić information content (AvgIpc) is 2.88. The Hall–Kier alpha value is -0.940. The summed E-state index contributed by atoms with van der Waals surface area (Å²) in [5.74, 6) is 0.855. The lowest BCUT2D eigenvalue weighted by Gasteiger charge is -2.09. The molecule has 20 heavy (non-hydrogen) atoms. The van der Waals surface area contributed by atoms with Gasteiger partial charge >= 0.3 is 0 Å². The number of nitrogens with one attached hydrogen (secondary N) is 2. The van der Waals surface area contributed by atoms with Crippen molar-refractivity contribution in [1.29, 1.82) is 0 Å². The van der Waals surface area contributed by atoms with E-state index < -0.39 is 0 Å². The topological polar surface area (TPSA) is 49.9 Å². The molecule has 0 amide bonds. The zero-order valence-electron chi connectivity index (χ0n) is 11.1. The first-order valence-corrected chi connectivity index (χ1v) is 6.18. The third kappa shape index (κ3) is 5.59. The van der Waals surface area contributed by atoms with E-state index in [9.17, 15) is 0 Å². The van der Waals surface area contributed by atoms with Crippen LogP contribution in [0.5, 0.6) is 5.75 Å². The number of rotatable bonds is 6. The number of H-pyrrole nitrogens is 1. The highest BCUT2D eigenvalue weighted by Gasteiger charge is 2.03. The van der Waals surface area contributed by atoms with Crippen LogP contribution in [0.2, 0.25) is 5.02 Å². The molecular formula is C13H18Cl3N3O. The first-order chi connectivity index (χ1) is 8.79. The Bertz CT molecular complexity index is 492. The Balaban J connectivity index is 0.00000180. The zero-order chi connectivity index (χ0) is 12.8. The van der Waals surface area contributed by atoms with Gasteiger partial charge in [-0.25, -0.2) is 4.98 Å². The maximum absolute atomic E-state index is 5.97. The van der Waals surface area contributed by atoms with E-state index in [-0.39, 0.29) is 24.8 Å². The van der Waals surface area contributed by atoms with Crippen molar-refractivity contribution in [3.63, 3.8) is 0 Å². The third-order valence-electron chi connectivity index (χ3n) is 2.68. The maximum Gasteiger partial charge on any atom is 0.123 e. The van der Waals surface area contributed by atoms with Crippen LogP contribution in [0.25, 0.3) is 0 Å². The highest BCUT2D eigenvalue weighted by atomic mass is 35.5. The third-order valence-corrected chi connectivity index (χ3v) is 2.92. The first-order valence-electron chi connectivity index (χ1n) is 5.80. The SMILES string of the molecule is COc1ccc(Cl)cc1CNCCc1cnc[nH]1.Cl.Cl. The van der Waals surface area contributed by atoms with Gasteiger partial charge in [0.2, 0.25) is 0 Å². The number of halogens is 3. The van der Waals surface area contributed by atoms with Gasteiger partial charge in [-0.05, 0) is 18.2 Å². The number of aromatic amines is 1. The Labute approximate surface area is 136 Å². The van der Waals surface area contributed by atoms with Crippen molar-refractivity contribution < 1.29 is 4.74 Å². The van der Waals surface area contributed by atoms with Gasteiger partial charge in [0.25, 0.3) is 0 Å². The molecule has 2 aromatic rings. The predicted octanol–water partition coefficient (Wildman–Crippen LogP) is 3.25. The molecule has 0 bridgehead atoms. The molecule has 1 heterocycles. The molecule has 0 aliphatic rings. The number of aromatic nitrogens is 2. The molecule has 0 atom stereocenters. The molecule has 0 unspecified atom stereocenters. The molecule has 0 saturated carbocycles. The van der Waals surface area contributed by atoms with E-state index in [1.807, 2.05) is 24.4 Å². The van der Waals surface area contributed by atoms with Crippen LogP contribution in [0.4, 0.5) is 0 Å². The van der Waals surface area contributed by atoms with Gasteiger partial charge in [-0.1, -0.05) is 11.6 Å². The fraction of sp³-hybridized carbons (Fsp3) is 0.308. The van der Waals surface area contributed by atoms with Crippen LogP contribution in [-0.2, 0) is 13.0 Å². The molecule has 0 aliphatic heterocycles. The molecule has 0 radical (unpaired) electrons. The average molecular weight is 339 g/mol. The van der Waals surface area contributed by atoms with Gasteiger partial charge in [0, 0.05) is 42.0 Å². The molecule has 1 aromatic carbocycles. The molecule has 0 fully saturated rings. The number of hydrogen-bond acceptors (Lipinski definition) is 3. The summed E-state index contributed by atoms with van der Waals surface area (Å²) in [5.41, 5.74) is 2.19. The second-order valence-corrected chi connectivity index (χ2v) is 4.40. The second-order valence-electron chi connectivity index (χ2n) is 3.96. The minimum absolute atomic E-state index is 0. The van der Waals surface area contributed by atoms with Gasteiger partial charge in [0.1, 0.15) is 5.75 Å². The van der Waals surface area contributed by atoms with Gasteiger partial charge in [0.15, 0.2) is 0 Å². The highest BCUT2D eigenvalue weighted by molar-refractivity contribution is 6.30. The molecule has 4 nitrogen and oxygen atoms in total. The molecule has 2 rings (SSSR count). The number of nitrogens with zero attached hydrogens (tertiary/aromatic N) is 1. The summed E-state index contributed by atoms with van der Waals surface area (Å²) in [6, 6.07) is 5.63. The van der Waals surface area contributed by atoms with Crippen molar-refractivity contribution in [2.24, 2.45) is 0 Å². The van der Waals surface area contributed by atoms with Gasteiger partial charge in [-0.2, -0.15) is 0 Å². The Morgan fingerprint density at radius 2 is 2.15 bits per heavy atom. The van der Waals surface area contributed by atoms with Crippen LogP contribution in [0.1, 0.15) is 11.3 Å². The molecule has 2 N–H and O–H groups in total. The van der Waals surface area contributed by atoms with E-state index in [2.05, 4.69) is 15.3 Å². The quantitative estimate of drug-likeness (QED) is 0.795. The van der Waals surface area contributed by atoms with Crippen LogP contribution in [0.3, 0.4) is 0 Å². The number of hydrogen-bond donors (Lipinski definition) is 2. The van der Waals surface area contributed by atoms with Crippen molar-refractivity contribution in [2.75, 3.05) is 13.7 Å². The van der Waals surface area contributed by atoms with Gasteiger partial charge in [-0.3, -0.25) is 0 Å². The summed E-state index contributed by atoms with van der Waals surface area (Å²) in [6.07, 6.45) is 4.44. The Morgan fingerprint density at radius 1 is 1.35 bits per heavy atom. The predicted molar refractivity (Wildman–Crippen MR) is 86.5 cm³/mol. The van der Waals surface area contributed by atoms with Crippen molar-refractivity contribution in [2.45, 2.75) is 13.0 Å². The van der Waals surface area contributed by atoms with E-state index in [0.29, 0.717) is 0 Å². The summed E-state index contributed by atoms with van der Waals surface area (Å²) in [7, 11) is 1.66. The van der Waals surface area contributed by atoms with Gasteiger partial charge < -0.3 is 15.0 Å². The van der Waals surface area contributed by atoms with E-state index in [1.165, 1.54) is 0 Å². The normalized spacial score (nSPS) is 9.50. The summed E-state index contributed by atoms with van der Waals surface area (Å²) in [4.78, 5) is 7.05. The van der Waals surface area contributed by atoms with E-state index in [1.54, 1.807) is 13.4 Å².